The minimum absolute atomic E-state index is 0.0307. The third kappa shape index (κ3) is 3.45. The van der Waals surface area contributed by atoms with Crippen LogP contribution in [0, 0.1) is 0 Å². The van der Waals surface area contributed by atoms with E-state index in [9.17, 15) is 13.2 Å². The number of hydrogen-bond acceptors (Lipinski definition) is 5. The van der Waals surface area contributed by atoms with Gasteiger partial charge in [-0.05, 0) is 19.4 Å². The van der Waals surface area contributed by atoms with Crippen molar-refractivity contribution in [3.8, 4) is 0 Å². The summed E-state index contributed by atoms with van der Waals surface area (Å²) in [6.07, 6.45) is 1.43. The second kappa shape index (κ2) is 5.14. The number of methoxy groups -OCH3 is 1. The molecule has 0 aromatic carbocycles. The Morgan fingerprint density at radius 2 is 2.19 bits per heavy atom. The molecule has 1 heterocycles. The Labute approximate surface area is 96.5 Å². The molecule has 1 N–H and O–H groups in total. The molecule has 1 rings (SSSR count). The number of sulfone groups is 1. The highest BCUT2D eigenvalue weighted by atomic mass is 32.2. The standard InChI is InChI=1S/C10H19NO4S/c1-3-11-10(7-9(12)15-2)5-4-6-16(13,14)8-10/h11H,3-8H2,1-2H3. The minimum atomic E-state index is -3.04. The van der Waals surface area contributed by atoms with Gasteiger partial charge in [-0.3, -0.25) is 4.79 Å². The van der Waals surface area contributed by atoms with E-state index in [0.29, 0.717) is 19.4 Å². The highest BCUT2D eigenvalue weighted by molar-refractivity contribution is 7.91. The fourth-order valence-electron chi connectivity index (χ4n) is 2.26. The van der Waals surface area contributed by atoms with E-state index in [1.807, 2.05) is 6.92 Å². The molecule has 1 aliphatic rings. The van der Waals surface area contributed by atoms with Crippen LogP contribution in [0.25, 0.3) is 0 Å². The quantitative estimate of drug-likeness (QED) is 0.716. The molecule has 0 amide bonds. The molecular formula is C10H19NO4S. The minimum Gasteiger partial charge on any atom is -0.469 e. The van der Waals surface area contributed by atoms with E-state index in [2.05, 4.69) is 10.1 Å². The Kier molecular flexibility index (Phi) is 4.32. The van der Waals surface area contributed by atoms with Crippen LogP contribution in [-0.4, -0.2) is 45.1 Å². The number of hydrogen-bond donors (Lipinski definition) is 1. The van der Waals surface area contributed by atoms with Crippen LogP contribution in [0.3, 0.4) is 0 Å². The number of rotatable bonds is 4. The molecular weight excluding hydrogens is 230 g/mol. The molecule has 0 aromatic heterocycles. The first kappa shape index (κ1) is 13.4. The van der Waals surface area contributed by atoms with Gasteiger partial charge in [0.15, 0.2) is 9.84 Å². The van der Waals surface area contributed by atoms with Crippen molar-refractivity contribution in [2.75, 3.05) is 25.2 Å². The maximum absolute atomic E-state index is 11.6. The zero-order valence-electron chi connectivity index (χ0n) is 9.78. The SMILES string of the molecule is CCNC1(CC(=O)OC)CCCS(=O)(=O)C1. The molecule has 0 saturated carbocycles. The van der Waals surface area contributed by atoms with Crippen molar-refractivity contribution in [2.45, 2.75) is 31.7 Å². The van der Waals surface area contributed by atoms with E-state index in [1.54, 1.807) is 0 Å². The zero-order valence-corrected chi connectivity index (χ0v) is 10.6. The molecule has 5 nitrogen and oxygen atoms in total. The van der Waals surface area contributed by atoms with E-state index in [-0.39, 0.29) is 23.9 Å². The van der Waals surface area contributed by atoms with Crippen molar-refractivity contribution in [1.82, 2.24) is 5.32 Å². The molecule has 0 radical (unpaired) electrons. The fourth-order valence-corrected chi connectivity index (χ4v) is 4.18. The lowest BCUT2D eigenvalue weighted by Gasteiger charge is -2.36. The first-order valence-corrected chi connectivity index (χ1v) is 7.27. The van der Waals surface area contributed by atoms with Crippen molar-refractivity contribution in [3.63, 3.8) is 0 Å². The van der Waals surface area contributed by atoms with Gasteiger partial charge in [0.1, 0.15) is 0 Å². The second-order valence-electron chi connectivity index (χ2n) is 4.26. The van der Waals surface area contributed by atoms with Gasteiger partial charge in [0.25, 0.3) is 0 Å². The molecule has 1 unspecified atom stereocenters. The van der Waals surface area contributed by atoms with Crippen LogP contribution in [0.15, 0.2) is 0 Å². The number of esters is 1. The number of carbonyl (C=O) groups is 1. The van der Waals surface area contributed by atoms with Crippen LogP contribution >= 0.6 is 0 Å². The van der Waals surface area contributed by atoms with Crippen molar-refractivity contribution >= 4 is 15.8 Å². The highest BCUT2D eigenvalue weighted by Gasteiger charge is 2.40. The summed E-state index contributed by atoms with van der Waals surface area (Å²) in [6, 6.07) is 0. The van der Waals surface area contributed by atoms with E-state index < -0.39 is 15.4 Å². The molecule has 1 fully saturated rings. The van der Waals surface area contributed by atoms with Gasteiger partial charge in [-0.25, -0.2) is 8.42 Å². The fraction of sp³-hybridized carbons (Fsp3) is 0.900. The largest absolute Gasteiger partial charge is 0.469 e. The van der Waals surface area contributed by atoms with Crippen LogP contribution in [0.4, 0.5) is 0 Å². The number of nitrogens with one attached hydrogen (secondary N) is 1. The Morgan fingerprint density at radius 1 is 1.50 bits per heavy atom. The predicted molar refractivity (Wildman–Crippen MR) is 60.9 cm³/mol. The first-order valence-electron chi connectivity index (χ1n) is 5.45. The summed E-state index contributed by atoms with van der Waals surface area (Å²) >= 11 is 0. The Morgan fingerprint density at radius 3 is 2.69 bits per heavy atom. The van der Waals surface area contributed by atoms with E-state index in [4.69, 9.17) is 0 Å². The predicted octanol–water partition coefficient (Wildman–Crippen LogP) is 0.106. The maximum Gasteiger partial charge on any atom is 0.307 e. The summed E-state index contributed by atoms with van der Waals surface area (Å²) < 4.78 is 27.9. The van der Waals surface area contributed by atoms with Crippen molar-refractivity contribution in [2.24, 2.45) is 0 Å². The average Bonchev–Trinajstić information content (AvgIpc) is 2.16. The van der Waals surface area contributed by atoms with Crippen LogP contribution in [-0.2, 0) is 19.4 Å². The van der Waals surface area contributed by atoms with E-state index >= 15 is 0 Å². The first-order chi connectivity index (χ1) is 7.43. The van der Waals surface area contributed by atoms with Gasteiger partial charge in [0.2, 0.25) is 0 Å². The van der Waals surface area contributed by atoms with Gasteiger partial charge in [-0.1, -0.05) is 6.92 Å². The highest BCUT2D eigenvalue weighted by Crippen LogP contribution is 2.26. The monoisotopic (exact) mass is 249 g/mol. The van der Waals surface area contributed by atoms with Gasteiger partial charge in [-0.15, -0.1) is 0 Å². The normalized spacial score (nSPS) is 28.6. The molecule has 0 aliphatic carbocycles. The number of carbonyl (C=O) groups excluding carboxylic acids is 1. The van der Waals surface area contributed by atoms with Crippen molar-refractivity contribution < 1.29 is 17.9 Å². The maximum atomic E-state index is 11.6. The lowest BCUT2D eigenvalue weighted by atomic mass is 9.91. The molecule has 94 valence electrons. The Balaban J connectivity index is 2.83. The van der Waals surface area contributed by atoms with Gasteiger partial charge in [-0.2, -0.15) is 0 Å². The smallest absolute Gasteiger partial charge is 0.307 e. The Hall–Kier alpha value is -0.620. The molecule has 16 heavy (non-hydrogen) atoms. The molecule has 1 saturated heterocycles. The van der Waals surface area contributed by atoms with Crippen molar-refractivity contribution in [3.05, 3.63) is 0 Å². The van der Waals surface area contributed by atoms with E-state index in [0.717, 1.165) is 0 Å². The molecule has 6 heteroatoms. The lowest BCUT2D eigenvalue weighted by molar-refractivity contribution is -0.142. The van der Waals surface area contributed by atoms with Crippen LogP contribution in [0.2, 0.25) is 0 Å². The van der Waals surface area contributed by atoms with Gasteiger partial charge in [0.05, 0.1) is 25.0 Å². The summed E-state index contributed by atoms with van der Waals surface area (Å²) in [4.78, 5) is 11.3. The van der Waals surface area contributed by atoms with Gasteiger partial charge >= 0.3 is 5.97 Å². The topological polar surface area (TPSA) is 72.5 Å². The summed E-state index contributed by atoms with van der Waals surface area (Å²) in [5.41, 5.74) is -0.626. The molecule has 0 aromatic rings. The number of ether oxygens (including phenoxy) is 1. The van der Waals surface area contributed by atoms with Crippen LogP contribution in [0.5, 0.6) is 0 Å². The summed E-state index contributed by atoms with van der Waals surface area (Å²) in [7, 11) is -1.72. The summed E-state index contributed by atoms with van der Waals surface area (Å²) in [5, 5.41) is 3.14. The van der Waals surface area contributed by atoms with Gasteiger partial charge < -0.3 is 10.1 Å². The lowest BCUT2D eigenvalue weighted by Crippen LogP contribution is -2.54. The van der Waals surface area contributed by atoms with Gasteiger partial charge in [0, 0.05) is 5.54 Å². The van der Waals surface area contributed by atoms with Crippen LogP contribution < -0.4 is 5.32 Å². The summed E-state index contributed by atoms with van der Waals surface area (Å²) in [5.74, 6) is -0.109. The molecule has 0 bridgehead atoms. The average molecular weight is 249 g/mol. The zero-order chi connectivity index (χ0) is 12.2. The third-order valence-electron chi connectivity index (χ3n) is 2.87. The second-order valence-corrected chi connectivity index (χ2v) is 6.44. The summed E-state index contributed by atoms with van der Waals surface area (Å²) in [6.45, 7) is 2.55. The third-order valence-corrected chi connectivity index (χ3v) is 4.77. The molecule has 1 atom stereocenters. The van der Waals surface area contributed by atoms with Crippen LogP contribution in [0.1, 0.15) is 26.2 Å². The molecule has 0 spiro atoms. The van der Waals surface area contributed by atoms with E-state index in [1.165, 1.54) is 7.11 Å². The van der Waals surface area contributed by atoms with Crippen molar-refractivity contribution in [1.29, 1.82) is 0 Å². The molecule has 1 aliphatic heterocycles. The Bertz CT molecular complexity index is 348.